The lowest BCUT2D eigenvalue weighted by Crippen LogP contribution is -2.34. The minimum absolute atomic E-state index is 0.000364. The molecule has 1 aromatic carbocycles. The van der Waals surface area contributed by atoms with Gasteiger partial charge in [-0.2, -0.15) is 5.26 Å². The molecule has 3 rings (SSSR count). The van der Waals surface area contributed by atoms with Gasteiger partial charge >= 0.3 is 11.9 Å². The summed E-state index contributed by atoms with van der Waals surface area (Å²) in [5, 5.41) is 22.3. The van der Waals surface area contributed by atoms with Crippen LogP contribution in [0.2, 0.25) is 5.02 Å². The summed E-state index contributed by atoms with van der Waals surface area (Å²) in [6.07, 6.45) is 2.30. The first-order valence-corrected chi connectivity index (χ1v) is 11.0. The van der Waals surface area contributed by atoms with Crippen molar-refractivity contribution in [3.63, 3.8) is 0 Å². The van der Waals surface area contributed by atoms with Crippen LogP contribution in [0.5, 0.6) is 0 Å². The molecule has 1 aliphatic rings. The highest BCUT2D eigenvalue weighted by atomic mass is 35.5. The maximum Gasteiger partial charge on any atom is 0.336 e. The molecule has 0 spiro atoms. The molecule has 0 bridgehead atoms. The van der Waals surface area contributed by atoms with Crippen molar-refractivity contribution in [3.8, 4) is 6.07 Å². The number of pyridine rings is 1. The van der Waals surface area contributed by atoms with Gasteiger partial charge in [0, 0.05) is 29.0 Å². The summed E-state index contributed by atoms with van der Waals surface area (Å²) in [4.78, 5) is 29.6. The third-order valence-corrected chi connectivity index (χ3v) is 5.43. The van der Waals surface area contributed by atoms with E-state index in [-0.39, 0.29) is 30.8 Å². The summed E-state index contributed by atoms with van der Waals surface area (Å²) in [6, 6.07) is 14.2. The van der Waals surface area contributed by atoms with E-state index >= 15 is 0 Å². The van der Waals surface area contributed by atoms with Crippen molar-refractivity contribution >= 4 is 23.5 Å². The van der Waals surface area contributed by atoms with Crippen LogP contribution in [0.4, 0.5) is 0 Å². The van der Waals surface area contributed by atoms with Gasteiger partial charge in [0.2, 0.25) is 0 Å². The summed E-state index contributed by atoms with van der Waals surface area (Å²) in [7, 11) is 0. The Hall–Kier alpha value is -3.67. The van der Waals surface area contributed by atoms with Gasteiger partial charge in [-0.25, -0.2) is 9.59 Å². The van der Waals surface area contributed by atoms with Gasteiger partial charge in [-0.3, -0.25) is 4.98 Å². The van der Waals surface area contributed by atoms with Crippen molar-refractivity contribution in [1.29, 1.82) is 5.26 Å². The number of allylic oxidation sites excluding steroid dienone is 1. The Morgan fingerprint density at radius 3 is 2.71 bits per heavy atom. The summed E-state index contributed by atoms with van der Waals surface area (Å²) < 4.78 is 11.0. The highest BCUT2D eigenvalue weighted by molar-refractivity contribution is 6.30. The monoisotopic (exact) mass is 481 g/mol. The number of carbonyl (C=O) groups excluding carboxylic acids is 1. The molecule has 0 aliphatic carbocycles. The van der Waals surface area contributed by atoms with Gasteiger partial charge in [0.1, 0.15) is 6.61 Å². The largest absolute Gasteiger partial charge is 0.478 e. The number of carboxylic acids is 1. The first kappa shape index (κ1) is 25.0. The summed E-state index contributed by atoms with van der Waals surface area (Å²) in [5.41, 5.74) is 2.29. The van der Waals surface area contributed by atoms with Crippen LogP contribution in [0.3, 0.4) is 0 Å². The minimum Gasteiger partial charge on any atom is -0.478 e. The maximum absolute atomic E-state index is 12.9. The number of nitrogens with one attached hydrogen (secondary N) is 1. The van der Waals surface area contributed by atoms with Crippen molar-refractivity contribution in [2.45, 2.75) is 25.7 Å². The van der Waals surface area contributed by atoms with Crippen LogP contribution in [0.25, 0.3) is 0 Å². The summed E-state index contributed by atoms with van der Waals surface area (Å²) >= 11 is 6.18. The fourth-order valence-electron chi connectivity index (χ4n) is 3.72. The van der Waals surface area contributed by atoms with E-state index in [9.17, 15) is 14.7 Å². The molecule has 0 amide bonds. The molecule has 0 saturated heterocycles. The van der Waals surface area contributed by atoms with Crippen LogP contribution in [0, 0.1) is 11.3 Å². The number of esters is 1. The number of aliphatic carboxylic acids is 1. The van der Waals surface area contributed by atoms with Gasteiger partial charge in [-0.15, -0.1) is 0 Å². The molecule has 2 heterocycles. The number of hydrogen-bond acceptors (Lipinski definition) is 7. The third-order valence-electron chi connectivity index (χ3n) is 5.20. The van der Waals surface area contributed by atoms with Gasteiger partial charge in [0.25, 0.3) is 0 Å². The molecule has 2 N–H and O–H groups in total. The van der Waals surface area contributed by atoms with Crippen LogP contribution in [-0.2, 0) is 25.5 Å². The van der Waals surface area contributed by atoms with Crippen LogP contribution in [0.1, 0.15) is 30.5 Å². The average Bonchev–Trinajstić information content (AvgIpc) is 2.82. The zero-order chi connectivity index (χ0) is 24.5. The highest BCUT2D eigenvalue weighted by Crippen LogP contribution is 2.39. The Labute approximate surface area is 202 Å². The van der Waals surface area contributed by atoms with Crippen molar-refractivity contribution in [1.82, 2.24) is 10.3 Å². The fourth-order valence-corrected chi connectivity index (χ4v) is 3.92. The van der Waals surface area contributed by atoms with Crippen molar-refractivity contribution in [3.05, 3.63) is 87.5 Å². The number of rotatable bonds is 10. The molecule has 176 valence electrons. The molecule has 9 heteroatoms. The van der Waals surface area contributed by atoms with E-state index in [0.717, 1.165) is 5.69 Å². The highest BCUT2D eigenvalue weighted by Gasteiger charge is 2.38. The molecule has 2 aromatic rings. The molecule has 0 fully saturated rings. The van der Waals surface area contributed by atoms with Crippen LogP contribution >= 0.6 is 11.6 Å². The van der Waals surface area contributed by atoms with E-state index in [1.165, 1.54) is 0 Å². The van der Waals surface area contributed by atoms with Crippen LogP contribution in [-0.4, -0.2) is 41.8 Å². The van der Waals surface area contributed by atoms with E-state index in [2.05, 4.69) is 10.3 Å². The van der Waals surface area contributed by atoms with Gasteiger partial charge in [0.15, 0.2) is 0 Å². The molecule has 1 aromatic heterocycles. The Balaban J connectivity index is 1.91. The predicted octanol–water partition coefficient (Wildman–Crippen LogP) is 3.75. The SMILES string of the molecule is CC1=C(C(=O)OCCC#N)C(c2cccc(Cl)c2)C(C(=O)O)=C(COCCc2ccccn2)N1. The molecule has 1 aliphatic heterocycles. The van der Waals surface area contributed by atoms with Gasteiger partial charge in [0.05, 0.1) is 48.5 Å². The van der Waals surface area contributed by atoms with E-state index < -0.39 is 17.9 Å². The molecule has 0 radical (unpaired) electrons. The van der Waals surface area contributed by atoms with E-state index in [1.54, 1.807) is 37.4 Å². The number of carboxylic acid groups (broad SMARTS) is 1. The summed E-state index contributed by atoms with van der Waals surface area (Å²) in [5.74, 6) is -2.82. The number of dihydropyridines is 1. The second kappa shape index (κ2) is 12.0. The Bertz CT molecular complexity index is 1150. The molecular formula is C25H24ClN3O5. The maximum atomic E-state index is 12.9. The minimum atomic E-state index is -1.20. The van der Waals surface area contributed by atoms with Gasteiger partial charge < -0.3 is 19.9 Å². The third kappa shape index (κ3) is 6.22. The van der Waals surface area contributed by atoms with E-state index in [0.29, 0.717) is 35.0 Å². The molecule has 1 unspecified atom stereocenters. The van der Waals surface area contributed by atoms with Gasteiger partial charge in [-0.1, -0.05) is 29.8 Å². The zero-order valence-electron chi connectivity index (χ0n) is 18.6. The standard InChI is InChI=1S/C25H24ClN3O5/c1-16-21(25(32)34-12-5-10-27)22(17-6-4-7-18(26)14-17)23(24(30)31)20(29-16)15-33-13-9-19-8-2-3-11-28-19/h2-4,6-8,11,14,22,29H,5,9,12-13,15H2,1H3,(H,30,31). The van der Waals surface area contributed by atoms with Crippen molar-refractivity contribution in [2.75, 3.05) is 19.8 Å². The Morgan fingerprint density at radius 2 is 2.03 bits per heavy atom. The number of ether oxygens (including phenoxy) is 2. The fraction of sp³-hybridized carbons (Fsp3) is 0.280. The number of carbonyl (C=O) groups is 2. The average molecular weight is 482 g/mol. The molecule has 34 heavy (non-hydrogen) atoms. The summed E-state index contributed by atoms with van der Waals surface area (Å²) in [6.45, 7) is 1.91. The molecule has 1 atom stereocenters. The Kier molecular flexibility index (Phi) is 8.79. The smallest absolute Gasteiger partial charge is 0.336 e. The second-order valence-corrected chi connectivity index (χ2v) is 7.95. The lowest BCUT2D eigenvalue weighted by Gasteiger charge is -2.31. The van der Waals surface area contributed by atoms with Gasteiger partial charge in [-0.05, 0) is 36.8 Å². The number of hydrogen-bond donors (Lipinski definition) is 2. The molecular weight excluding hydrogens is 458 g/mol. The molecule has 8 nitrogen and oxygen atoms in total. The number of nitriles is 1. The normalized spacial score (nSPS) is 15.5. The van der Waals surface area contributed by atoms with Crippen molar-refractivity contribution < 1.29 is 24.2 Å². The lowest BCUT2D eigenvalue weighted by atomic mass is 9.80. The number of halogens is 1. The Morgan fingerprint density at radius 1 is 1.21 bits per heavy atom. The number of benzene rings is 1. The number of nitrogens with zero attached hydrogens (tertiary/aromatic N) is 2. The topological polar surface area (TPSA) is 122 Å². The second-order valence-electron chi connectivity index (χ2n) is 7.52. The van der Waals surface area contributed by atoms with Crippen LogP contribution in [0.15, 0.2) is 71.2 Å². The molecule has 0 saturated carbocycles. The first-order chi connectivity index (χ1) is 16.4. The van der Waals surface area contributed by atoms with E-state index in [4.69, 9.17) is 26.3 Å². The quantitative estimate of drug-likeness (QED) is 0.388. The lowest BCUT2D eigenvalue weighted by molar-refractivity contribution is -0.139. The van der Waals surface area contributed by atoms with Crippen LogP contribution < -0.4 is 5.32 Å². The zero-order valence-corrected chi connectivity index (χ0v) is 19.3. The predicted molar refractivity (Wildman–Crippen MR) is 125 cm³/mol. The van der Waals surface area contributed by atoms with Crippen molar-refractivity contribution in [2.24, 2.45) is 0 Å². The first-order valence-electron chi connectivity index (χ1n) is 10.6. The number of aromatic nitrogens is 1. The van der Waals surface area contributed by atoms with E-state index in [1.807, 2.05) is 24.3 Å².